The predicted octanol–water partition coefficient (Wildman–Crippen LogP) is 2.63. The molecule has 22 heavy (non-hydrogen) atoms. The average Bonchev–Trinajstić information content (AvgIpc) is 2.90. The molecule has 3 rings (SSSR count). The first-order valence-corrected chi connectivity index (χ1v) is 7.80. The number of amides is 1. The van der Waals surface area contributed by atoms with Crippen LogP contribution in [0.4, 0.5) is 9.93 Å². The number of Topliss-reactive ketones (excluding diaryl/α,β-unsaturated/α-hetero) is 2. The number of thiazole rings is 1. The summed E-state index contributed by atoms with van der Waals surface area (Å²) in [6, 6.07) is 3.32. The Morgan fingerprint density at radius 2 is 2.23 bits per heavy atom. The third-order valence-electron chi connectivity index (χ3n) is 3.38. The number of rotatable bonds is 3. The van der Waals surface area contributed by atoms with Crippen LogP contribution in [0.5, 0.6) is 0 Å². The van der Waals surface area contributed by atoms with Crippen LogP contribution in [-0.4, -0.2) is 26.8 Å². The van der Waals surface area contributed by atoms with Crippen LogP contribution in [0, 0.1) is 5.92 Å². The number of anilines is 1. The van der Waals surface area contributed by atoms with E-state index in [2.05, 4.69) is 27.9 Å². The molecule has 1 atom stereocenters. The van der Waals surface area contributed by atoms with Crippen molar-refractivity contribution in [2.45, 2.75) is 12.8 Å². The zero-order valence-corrected chi connectivity index (χ0v) is 13.0. The van der Waals surface area contributed by atoms with E-state index in [1.165, 1.54) is 6.20 Å². The Hall–Kier alpha value is -2.06. The number of nitrogens with zero attached hydrogens (tertiary/aromatic N) is 2. The molecule has 0 aromatic carbocycles. The Morgan fingerprint density at radius 3 is 2.91 bits per heavy atom. The number of hydrogen-bond acceptors (Lipinski definition) is 6. The summed E-state index contributed by atoms with van der Waals surface area (Å²) < 4.78 is 0. The first-order valence-electron chi connectivity index (χ1n) is 6.54. The SMILES string of the molecule is O=C(S)Nc1nc2c(s1)C(=O)C(C(=O)c1cccnc1)CC2. The predicted molar refractivity (Wildman–Crippen MR) is 84.8 cm³/mol. The third kappa shape index (κ3) is 2.79. The van der Waals surface area contributed by atoms with Gasteiger partial charge >= 0.3 is 0 Å². The van der Waals surface area contributed by atoms with Crippen LogP contribution >= 0.6 is 24.0 Å². The van der Waals surface area contributed by atoms with E-state index < -0.39 is 11.2 Å². The van der Waals surface area contributed by atoms with Crippen molar-refractivity contribution < 1.29 is 14.4 Å². The number of hydrogen-bond donors (Lipinski definition) is 2. The lowest BCUT2D eigenvalue weighted by atomic mass is 9.84. The smallest absolute Gasteiger partial charge is 0.282 e. The van der Waals surface area contributed by atoms with Gasteiger partial charge in [-0.3, -0.25) is 24.7 Å². The van der Waals surface area contributed by atoms with Gasteiger partial charge in [0.25, 0.3) is 5.24 Å². The van der Waals surface area contributed by atoms with E-state index in [-0.39, 0.29) is 11.6 Å². The molecule has 0 saturated carbocycles. The van der Waals surface area contributed by atoms with Gasteiger partial charge in [-0.1, -0.05) is 24.0 Å². The van der Waals surface area contributed by atoms with Crippen molar-refractivity contribution in [3.05, 3.63) is 40.7 Å². The Kier molecular flexibility index (Phi) is 4.04. The normalized spacial score (nSPS) is 17.0. The lowest BCUT2D eigenvalue weighted by molar-refractivity contribution is 0.0792. The Bertz CT molecular complexity index is 758. The second-order valence-corrected chi connectivity index (χ2v) is 6.19. The number of aryl methyl sites for hydroxylation is 1. The van der Waals surface area contributed by atoms with Crippen molar-refractivity contribution in [2.75, 3.05) is 5.32 Å². The molecule has 0 aliphatic heterocycles. The summed E-state index contributed by atoms with van der Waals surface area (Å²) in [4.78, 5) is 44.5. The number of nitrogens with one attached hydrogen (secondary N) is 1. The molecule has 0 bridgehead atoms. The minimum Gasteiger partial charge on any atom is -0.293 e. The fourth-order valence-electron chi connectivity index (χ4n) is 2.39. The molecule has 2 aromatic rings. The molecule has 1 N–H and O–H groups in total. The molecule has 0 radical (unpaired) electrons. The lowest BCUT2D eigenvalue weighted by Crippen LogP contribution is -2.28. The Labute approximate surface area is 135 Å². The number of carbonyl (C=O) groups excluding carboxylic acids is 3. The fraction of sp³-hybridized carbons (Fsp3) is 0.214. The molecule has 0 fully saturated rings. The maximum absolute atomic E-state index is 12.5. The maximum atomic E-state index is 12.5. The van der Waals surface area contributed by atoms with E-state index in [0.29, 0.717) is 34.1 Å². The van der Waals surface area contributed by atoms with E-state index >= 15 is 0 Å². The van der Waals surface area contributed by atoms with Crippen molar-refractivity contribution in [1.29, 1.82) is 0 Å². The molecule has 1 aliphatic carbocycles. The van der Waals surface area contributed by atoms with Crippen LogP contribution in [0.25, 0.3) is 0 Å². The number of ketones is 2. The molecule has 112 valence electrons. The maximum Gasteiger partial charge on any atom is 0.282 e. The topological polar surface area (TPSA) is 89.0 Å². The number of thiol groups is 1. The van der Waals surface area contributed by atoms with Gasteiger partial charge in [0.05, 0.1) is 16.5 Å². The molecule has 0 saturated heterocycles. The molecule has 2 aromatic heterocycles. The fourth-order valence-corrected chi connectivity index (χ4v) is 3.57. The van der Waals surface area contributed by atoms with E-state index in [0.717, 1.165) is 11.3 Å². The highest BCUT2D eigenvalue weighted by Crippen LogP contribution is 2.33. The summed E-state index contributed by atoms with van der Waals surface area (Å²) in [6.07, 6.45) is 3.98. The highest BCUT2D eigenvalue weighted by atomic mass is 32.1. The quantitative estimate of drug-likeness (QED) is 0.512. The minimum atomic E-state index is -0.711. The van der Waals surface area contributed by atoms with E-state index in [1.807, 2.05) is 0 Å². The second-order valence-electron chi connectivity index (χ2n) is 4.79. The van der Waals surface area contributed by atoms with Crippen molar-refractivity contribution in [3.63, 3.8) is 0 Å². The summed E-state index contributed by atoms with van der Waals surface area (Å²) in [5.74, 6) is -1.18. The van der Waals surface area contributed by atoms with Crippen LogP contribution in [0.2, 0.25) is 0 Å². The summed E-state index contributed by atoms with van der Waals surface area (Å²) >= 11 is 4.70. The first-order chi connectivity index (χ1) is 10.6. The number of pyridine rings is 1. The molecule has 1 aliphatic rings. The zero-order chi connectivity index (χ0) is 15.7. The van der Waals surface area contributed by atoms with E-state index in [1.54, 1.807) is 18.3 Å². The van der Waals surface area contributed by atoms with Crippen LogP contribution in [0.15, 0.2) is 24.5 Å². The largest absolute Gasteiger partial charge is 0.293 e. The molecule has 0 spiro atoms. The molecular weight excluding hydrogens is 322 g/mol. The van der Waals surface area contributed by atoms with Gasteiger partial charge in [-0.25, -0.2) is 4.98 Å². The van der Waals surface area contributed by atoms with Crippen molar-refractivity contribution in [2.24, 2.45) is 5.92 Å². The summed E-state index contributed by atoms with van der Waals surface area (Å²) in [5, 5.41) is 2.23. The number of fused-ring (bicyclic) bond motifs is 1. The highest BCUT2D eigenvalue weighted by molar-refractivity contribution is 7.96. The van der Waals surface area contributed by atoms with Gasteiger partial charge in [0.15, 0.2) is 16.7 Å². The Morgan fingerprint density at radius 1 is 1.41 bits per heavy atom. The summed E-state index contributed by atoms with van der Waals surface area (Å²) in [5.41, 5.74) is 1.06. The molecule has 8 heteroatoms. The van der Waals surface area contributed by atoms with E-state index in [4.69, 9.17) is 0 Å². The van der Waals surface area contributed by atoms with Gasteiger partial charge in [-0.15, -0.1) is 0 Å². The minimum absolute atomic E-state index is 0.225. The van der Waals surface area contributed by atoms with Crippen LogP contribution in [0.3, 0.4) is 0 Å². The van der Waals surface area contributed by atoms with Crippen molar-refractivity contribution in [3.8, 4) is 0 Å². The number of carbonyl (C=O) groups is 3. The van der Waals surface area contributed by atoms with Gasteiger partial charge in [-0.2, -0.15) is 0 Å². The second kappa shape index (κ2) is 5.98. The van der Waals surface area contributed by atoms with Gasteiger partial charge < -0.3 is 0 Å². The molecule has 1 unspecified atom stereocenters. The standard InChI is InChI=1S/C14H11N3O3S2/c18-10(7-2-1-5-15-6-7)8-3-4-9-12(11(8)19)22-13(16-9)17-14(20)21/h1-2,5-6,8H,3-4H2,(H2,16,17,20,21). The van der Waals surface area contributed by atoms with Crippen molar-refractivity contribution in [1.82, 2.24) is 9.97 Å². The zero-order valence-electron chi connectivity index (χ0n) is 11.3. The highest BCUT2D eigenvalue weighted by Gasteiger charge is 2.36. The van der Waals surface area contributed by atoms with Crippen LogP contribution < -0.4 is 5.32 Å². The van der Waals surface area contributed by atoms with Crippen molar-refractivity contribution >= 4 is 45.9 Å². The molecular formula is C14H11N3O3S2. The van der Waals surface area contributed by atoms with Gasteiger partial charge in [0, 0.05) is 18.0 Å². The Balaban J connectivity index is 1.86. The summed E-state index contributed by atoms with van der Waals surface area (Å²) in [6.45, 7) is 0. The van der Waals surface area contributed by atoms with Gasteiger partial charge in [0.2, 0.25) is 0 Å². The van der Waals surface area contributed by atoms with Crippen LogP contribution in [-0.2, 0) is 6.42 Å². The lowest BCUT2D eigenvalue weighted by Gasteiger charge is -2.18. The van der Waals surface area contributed by atoms with Crippen LogP contribution in [0.1, 0.15) is 32.1 Å². The molecule has 6 nitrogen and oxygen atoms in total. The van der Waals surface area contributed by atoms with Gasteiger partial charge in [-0.05, 0) is 25.0 Å². The van der Waals surface area contributed by atoms with Gasteiger partial charge in [0.1, 0.15) is 0 Å². The number of aromatic nitrogens is 2. The summed E-state index contributed by atoms with van der Waals surface area (Å²) in [7, 11) is 0. The molecule has 2 heterocycles. The molecule has 1 amide bonds. The third-order valence-corrected chi connectivity index (χ3v) is 4.52. The van der Waals surface area contributed by atoms with E-state index in [9.17, 15) is 14.4 Å². The average molecular weight is 333 g/mol. The monoisotopic (exact) mass is 333 g/mol. The first kappa shape index (κ1) is 14.9.